The van der Waals surface area contributed by atoms with E-state index in [1.807, 2.05) is 27.2 Å². The average molecular weight is 997 g/mol. The number of hydrogen-bond donors (Lipinski definition) is 3. The summed E-state index contributed by atoms with van der Waals surface area (Å²) in [6.45, 7) is 4.68. The number of carbonyl (C=O) groups is 1. The lowest BCUT2D eigenvalue weighted by molar-refractivity contribution is -0.870. The molecule has 0 aliphatic rings. The van der Waals surface area contributed by atoms with E-state index in [0.717, 1.165) is 103 Å². The maximum atomic E-state index is 13.0. The fourth-order valence-electron chi connectivity index (χ4n) is 7.59. The van der Waals surface area contributed by atoms with E-state index in [9.17, 15) is 19.4 Å². The molecule has 402 valence electrons. The third kappa shape index (κ3) is 53.0. The number of carbonyl (C=O) groups excluding carboxylic acids is 1. The second-order valence-electron chi connectivity index (χ2n) is 19.9. The molecule has 0 fully saturated rings. The van der Waals surface area contributed by atoms with Gasteiger partial charge in [-0.1, -0.05) is 239 Å². The van der Waals surface area contributed by atoms with Crippen LogP contribution in [0.3, 0.4) is 0 Å². The van der Waals surface area contributed by atoms with Crippen LogP contribution in [0.4, 0.5) is 0 Å². The molecule has 1 amide bonds. The molecule has 0 radical (unpaired) electrons. The second-order valence-corrected chi connectivity index (χ2v) is 21.4. The summed E-state index contributed by atoms with van der Waals surface area (Å²) in [7, 11) is 1.55. The first-order valence-corrected chi connectivity index (χ1v) is 29.8. The molecule has 0 aromatic carbocycles. The largest absolute Gasteiger partial charge is 0.472 e. The van der Waals surface area contributed by atoms with Crippen molar-refractivity contribution in [2.75, 3.05) is 40.9 Å². The molecule has 0 bridgehead atoms. The molecular weight excluding hydrogens is 888 g/mol. The second kappa shape index (κ2) is 51.1. The minimum Gasteiger partial charge on any atom is -0.387 e. The van der Waals surface area contributed by atoms with Gasteiger partial charge in [0.15, 0.2) is 0 Å². The molecular formula is C61H108N2O6P+. The van der Waals surface area contributed by atoms with Gasteiger partial charge in [-0.15, -0.1) is 0 Å². The van der Waals surface area contributed by atoms with E-state index < -0.39 is 20.0 Å². The third-order valence-corrected chi connectivity index (χ3v) is 13.0. The summed E-state index contributed by atoms with van der Waals surface area (Å²) in [4.78, 5) is 23.3. The molecule has 0 saturated heterocycles. The van der Waals surface area contributed by atoms with Crippen molar-refractivity contribution < 1.29 is 32.9 Å². The van der Waals surface area contributed by atoms with Crippen molar-refractivity contribution >= 4 is 13.7 Å². The van der Waals surface area contributed by atoms with Gasteiger partial charge in [0.05, 0.1) is 39.9 Å². The van der Waals surface area contributed by atoms with Crippen LogP contribution >= 0.6 is 7.82 Å². The van der Waals surface area contributed by atoms with Crippen LogP contribution in [-0.4, -0.2) is 73.4 Å². The molecule has 3 atom stereocenters. The van der Waals surface area contributed by atoms with Gasteiger partial charge in [0, 0.05) is 6.42 Å². The van der Waals surface area contributed by atoms with E-state index in [-0.39, 0.29) is 19.1 Å². The van der Waals surface area contributed by atoms with E-state index in [4.69, 9.17) is 9.05 Å². The number of nitrogens with one attached hydrogen (secondary N) is 1. The highest BCUT2D eigenvalue weighted by Crippen LogP contribution is 2.43. The van der Waals surface area contributed by atoms with E-state index >= 15 is 0 Å². The SMILES string of the molecule is CC/C=C\C/C=C\C/C=C\C/C=C\C/C=C\C/C=C\C/C=C\C/C=C\CCCCCCCCC(=O)NC(COP(=O)(O)OCC[N+](C)(C)C)C(O)/C=C/CCCCCCCCCCCCCCCCC. The Balaban J connectivity index is 4.28. The fourth-order valence-corrected chi connectivity index (χ4v) is 8.32. The zero-order valence-electron chi connectivity index (χ0n) is 45.7. The predicted molar refractivity (Wildman–Crippen MR) is 304 cm³/mol. The molecule has 8 nitrogen and oxygen atoms in total. The molecule has 0 rings (SSSR count). The highest BCUT2D eigenvalue weighted by molar-refractivity contribution is 7.47. The van der Waals surface area contributed by atoms with Gasteiger partial charge in [-0.05, 0) is 83.5 Å². The van der Waals surface area contributed by atoms with Crippen molar-refractivity contribution in [2.24, 2.45) is 0 Å². The van der Waals surface area contributed by atoms with E-state index in [2.05, 4.69) is 116 Å². The summed E-state index contributed by atoms with van der Waals surface area (Å²) in [5.74, 6) is -0.196. The first-order chi connectivity index (χ1) is 34.0. The quantitative estimate of drug-likeness (QED) is 0.0243. The highest BCUT2D eigenvalue weighted by atomic mass is 31.2. The molecule has 9 heteroatoms. The summed E-state index contributed by atoms with van der Waals surface area (Å²) < 4.78 is 23.7. The average Bonchev–Trinajstić information content (AvgIpc) is 3.32. The number of amides is 1. The lowest BCUT2D eigenvalue weighted by atomic mass is 10.0. The maximum absolute atomic E-state index is 13.0. The van der Waals surface area contributed by atoms with Crippen molar-refractivity contribution in [3.8, 4) is 0 Å². The van der Waals surface area contributed by atoms with Crippen molar-refractivity contribution in [1.82, 2.24) is 5.32 Å². The normalized spacial score (nSPS) is 14.8. The van der Waals surface area contributed by atoms with Crippen molar-refractivity contribution in [1.29, 1.82) is 0 Å². The number of likely N-dealkylation sites (N-methyl/N-ethyl adjacent to an activating group) is 1. The smallest absolute Gasteiger partial charge is 0.387 e. The number of aliphatic hydroxyl groups is 1. The first kappa shape index (κ1) is 67.2. The molecule has 0 aliphatic heterocycles. The van der Waals surface area contributed by atoms with E-state index in [1.54, 1.807) is 6.08 Å². The van der Waals surface area contributed by atoms with Gasteiger partial charge in [0.1, 0.15) is 13.2 Å². The molecule has 3 N–H and O–H groups in total. The van der Waals surface area contributed by atoms with Gasteiger partial charge in [-0.3, -0.25) is 13.8 Å². The summed E-state index contributed by atoms with van der Waals surface area (Å²) in [6.07, 6.45) is 74.6. The number of hydrogen-bond acceptors (Lipinski definition) is 5. The molecule has 0 heterocycles. The summed E-state index contributed by atoms with van der Waals surface area (Å²) in [6, 6.07) is -0.863. The van der Waals surface area contributed by atoms with Crippen LogP contribution in [0.5, 0.6) is 0 Å². The maximum Gasteiger partial charge on any atom is 0.472 e. The number of rotatable bonds is 50. The number of quaternary nitrogens is 1. The van der Waals surface area contributed by atoms with Crippen molar-refractivity contribution in [2.45, 2.75) is 231 Å². The Morgan fingerprint density at radius 2 is 0.857 bits per heavy atom. The molecule has 0 aliphatic carbocycles. The van der Waals surface area contributed by atoms with Crippen LogP contribution in [0.1, 0.15) is 219 Å². The van der Waals surface area contributed by atoms with Crippen molar-refractivity contribution in [3.63, 3.8) is 0 Å². The molecule has 70 heavy (non-hydrogen) atoms. The lowest BCUT2D eigenvalue weighted by Crippen LogP contribution is -2.45. The fraction of sp³-hybridized carbons (Fsp3) is 0.689. The molecule has 0 spiro atoms. The Kier molecular flexibility index (Phi) is 49.0. The minimum absolute atomic E-state index is 0.0527. The van der Waals surface area contributed by atoms with Gasteiger partial charge >= 0.3 is 7.82 Å². The number of phosphoric acid groups is 1. The standard InChI is InChI=1S/C61H107N2O6P/c1-6-8-10-12-14-16-18-20-22-24-25-26-27-28-29-30-31-32-33-34-35-36-37-39-41-43-45-47-49-51-53-55-61(65)62-59(58-69-70(66,67)68-57-56-63(3,4)5)60(64)54-52-50-48-46-44-42-40-38-23-21-19-17-15-13-11-9-7-2/h8,10,14,16,20,22,25-26,28-29,31-32,34-35,37,39,52,54,59-60,64H,6-7,9,11-13,15,17-19,21,23-24,27,30,33,36,38,40-51,53,55-58H2,1-5H3,(H-,62,65,66,67)/p+1/b10-8-,16-14-,22-20-,26-25-,29-28-,32-31-,35-34-,39-37-,54-52+. The Morgan fingerprint density at radius 3 is 1.26 bits per heavy atom. The summed E-state index contributed by atoms with van der Waals surface area (Å²) >= 11 is 0. The Bertz CT molecular complexity index is 1500. The van der Waals surface area contributed by atoms with Crippen LogP contribution in [-0.2, 0) is 18.4 Å². The number of nitrogens with zero attached hydrogens (tertiary/aromatic N) is 1. The van der Waals surface area contributed by atoms with Crippen LogP contribution in [0.2, 0.25) is 0 Å². The van der Waals surface area contributed by atoms with Crippen LogP contribution in [0.15, 0.2) is 109 Å². The number of phosphoric ester groups is 1. The minimum atomic E-state index is -4.36. The lowest BCUT2D eigenvalue weighted by Gasteiger charge is -2.25. The first-order valence-electron chi connectivity index (χ1n) is 28.3. The number of unbranched alkanes of at least 4 members (excludes halogenated alkanes) is 21. The van der Waals surface area contributed by atoms with Gasteiger partial charge in [-0.25, -0.2) is 4.57 Å². The molecule has 0 aromatic rings. The summed E-state index contributed by atoms with van der Waals surface area (Å²) in [5.41, 5.74) is 0. The Labute approximate surface area is 431 Å². The van der Waals surface area contributed by atoms with E-state index in [0.29, 0.717) is 17.4 Å². The van der Waals surface area contributed by atoms with Gasteiger partial charge in [0.2, 0.25) is 5.91 Å². The topological polar surface area (TPSA) is 105 Å². The van der Waals surface area contributed by atoms with E-state index in [1.165, 1.54) is 96.3 Å². The predicted octanol–water partition coefficient (Wildman–Crippen LogP) is 17.2. The van der Waals surface area contributed by atoms with Gasteiger partial charge in [0.25, 0.3) is 0 Å². The Hall–Kier alpha value is -2.84. The third-order valence-electron chi connectivity index (χ3n) is 12.0. The number of aliphatic hydroxyl groups excluding tert-OH is 1. The highest BCUT2D eigenvalue weighted by Gasteiger charge is 2.27. The molecule has 0 saturated carbocycles. The number of allylic oxidation sites excluding steroid dienone is 17. The monoisotopic (exact) mass is 996 g/mol. The van der Waals surface area contributed by atoms with Crippen molar-refractivity contribution in [3.05, 3.63) is 109 Å². The van der Waals surface area contributed by atoms with Gasteiger partial charge < -0.3 is 19.8 Å². The van der Waals surface area contributed by atoms with Gasteiger partial charge in [-0.2, -0.15) is 0 Å². The summed E-state index contributed by atoms with van der Waals surface area (Å²) in [5, 5.41) is 13.9. The Morgan fingerprint density at radius 1 is 0.500 bits per heavy atom. The molecule has 0 aromatic heterocycles. The zero-order chi connectivity index (χ0) is 51.3. The van der Waals surface area contributed by atoms with Crippen LogP contribution in [0.25, 0.3) is 0 Å². The van der Waals surface area contributed by atoms with Crippen LogP contribution < -0.4 is 5.32 Å². The molecule has 3 unspecified atom stereocenters. The van der Waals surface area contributed by atoms with Crippen LogP contribution in [0, 0.1) is 0 Å². The zero-order valence-corrected chi connectivity index (χ0v) is 46.6.